The molecule has 0 aliphatic carbocycles. The van der Waals surface area contributed by atoms with E-state index in [9.17, 15) is 26.3 Å². The summed E-state index contributed by atoms with van der Waals surface area (Å²) in [7, 11) is 0. The first-order valence-electron chi connectivity index (χ1n) is 5.03. The van der Waals surface area contributed by atoms with Crippen molar-refractivity contribution in [3.05, 3.63) is 40.3 Å². The third kappa shape index (κ3) is 2.97. The van der Waals surface area contributed by atoms with E-state index < -0.39 is 33.8 Å². The summed E-state index contributed by atoms with van der Waals surface area (Å²) in [5.41, 5.74) is -2.92. The zero-order chi connectivity index (χ0) is 14.4. The molecule has 1 aromatic carbocycles. The van der Waals surface area contributed by atoms with Crippen LogP contribution in [0.25, 0.3) is 0 Å². The molecule has 0 aromatic heterocycles. The van der Waals surface area contributed by atoms with Crippen LogP contribution in [0, 0.1) is 6.42 Å². The van der Waals surface area contributed by atoms with Crippen molar-refractivity contribution in [2.75, 3.05) is 5.75 Å². The van der Waals surface area contributed by atoms with Crippen molar-refractivity contribution in [1.82, 2.24) is 0 Å². The molecule has 1 radical (unpaired) electrons. The van der Waals surface area contributed by atoms with Crippen molar-refractivity contribution in [2.45, 2.75) is 17.6 Å². The maximum atomic E-state index is 12.7. The Kier molecular flexibility index (Phi) is 3.72. The van der Waals surface area contributed by atoms with Gasteiger partial charge in [0.1, 0.15) is 0 Å². The Balaban J connectivity index is 2.60. The minimum atomic E-state index is -4.92. The summed E-state index contributed by atoms with van der Waals surface area (Å²) in [5, 5.41) is -1.74. The molecule has 0 amide bonds. The number of hydrogen-bond donors (Lipinski definition) is 0. The summed E-state index contributed by atoms with van der Waals surface area (Å²) in [4.78, 5) is 0. The van der Waals surface area contributed by atoms with Gasteiger partial charge in [0.2, 0.25) is 0 Å². The number of hydrogen-bond acceptors (Lipinski definition) is 1. The summed E-state index contributed by atoms with van der Waals surface area (Å²) in [5.74, 6) is 0.607. The average Bonchev–Trinajstić information content (AvgIpc) is 2.13. The Hall–Kier alpha value is -0.560. The lowest BCUT2D eigenvalue weighted by atomic mass is 10.0. The molecule has 0 N–H and O–H groups in total. The van der Waals surface area contributed by atoms with Gasteiger partial charge in [0, 0.05) is 5.25 Å². The van der Waals surface area contributed by atoms with Crippen LogP contribution >= 0.6 is 23.4 Å². The van der Waals surface area contributed by atoms with Crippen LogP contribution in [-0.2, 0) is 12.4 Å². The van der Waals surface area contributed by atoms with E-state index >= 15 is 0 Å². The van der Waals surface area contributed by atoms with Crippen LogP contribution in [0.1, 0.15) is 21.9 Å². The molecule has 8 heteroatoms. The fraction of sp³-hybridized carbons (Fsp3) is 0.364. The topological polar surface area (TPSA) is 0 Å². The smallest absolute Gasteiger partial charge is 0.166 e. The van der Waals surface area contributed by atoms with Crippen molar-refractivity contribution < 1.29 is 26.3 Å². The van der Waals surface area contributed by atoms with E-state index in [1.54, 1.807) is 6.42 Å². The lowest BCUT2D eigenvalue weighted by Crippen LogP contribution is -2.16. The number of thioether (sulfide) groups is 1. The second kappa shape index (κ2) is 4.77. The van der Waals surface area contributed by atoms with Crippen LogP contribution in [0.5, 0.6) is 0 Å². The average molecular weight is 320 g/mol. The van der Waals surface area contributed by atoms with Gasteiger partial charge in [-0.15, -0.1) is 0 Å². The molecule has 0 saturated carbocycles. The molecule has 1 unspecified atom stereocenters. The highest BCUT2D eigenvalue weighted by molar-refractivity contribution is 8.01. The molecule has 0 bridgehead atoms. The Morgan fingerprint density at radius 2 is 1.42 bits per heavy atom. The first-order valence-corrected chi connectivity index (χ1v) is 6.46. The van der Waals surface area contributed by atoms with E-state index in [1.807, 2.05) is 0 Å². The highest BCUT2D eigenvalue weighted by atomic mass is 35.5. The lowest BCUT2D eigenvalue weighted by molar-refractivity contribution is -0.142. The molecular formula is C11H6ClF6S. The maximum absolute atomic E-state index is 12.7. The van der Waals surface area contributed by atoms with E-state index in [2.05, 4.69) is 0 Å². The van der Waals surface area contributed by atoms with Crippen molar-refractivity contribution in [1.29, 1.82) is 0 Å². The fourth-order valence-electron chi connectivity index (χ4n) is 1.65. The summed E-state index contributed by atoms with van der Waals surface area (Å²) in [6, 6.07) is 1.37. The minimum absolute atomic E-state index is 0.0275. The summed E-state index contributed by atoms with van der Waals surface area (Å²) < 4.78 is 76.3. The largest absolute Gasteiger partial charge is 0.417 e. The van der Waals surface area contributed by atoms with E-state index in [4.69, 9.17) is 11.6 Å². The van der Waals surface area contributed by atoms with Crippen molar-refractivity contribution in [3.8, 4) is 0 Å². The zero-order valence-electron chi connectivity index (χ0n) is 9.07. The van der Waals surface area contributed by atoms with E-state index in [0.29, 0.717) is 17.9 Å². The van der Waals surface area contributed by atoms with Gasteiger partial charge in [-0.1, -0.05) is 11.6 Å². The molecule has 1 heterocycles. The normalized spacial score (nSPS) is 20.3. The quantitative estimate of drug-likeness (QED) is 0.627. The molecule has 2 rings (SSSR count). The van der Waals surface area contributed by atoms with E-state index in [0.717, 1.165) is 0 Å². The van der Waals surface area contributed by atoms with Gasteiger partial charge in [0.15, 0.2) is 0 Å². The van der Waals surface area contributed by atoms with Crippen LogP contribution in [0.2, 0.25) is 5.02 Å². The molecular weight excluding hydrogens is 314 g/mol. The fourth-order valence-corrected chi connectivity index (χ4v) is 2.69. The molecule has 1 atom stereocenters. The number of benzene rings is 1. The predicted octanol–water partition coefficient (Wildman–Crippen LogP) is 5.37. The molecule has 0 spiro atoms. The van der Waals surface area contributed by atoms with Crippen LogP contribution in [0.15, 0.2) is 12.1 Å². The minimum Gasteiger partial charge on any atom is -0.166 e. The van der Waals surface area contributed by atoms with Gasteiger partial charge < -0.3 is 0 Å². The van der Waals surface area contributed by atoms with Gasteiger partial charge in [0.25, 0.3) is 0 Å². The monoisotopic (exact) mass is 319 g/mol. The number of halogens is 7. The van der Waals surface area contributed by atoms with Gasteiger partial charge in [-0.05, 0) is 29.9 Å². The Morgan fingerprint density at radius 1 is 1.00 bits per heavy atom. The van der Waals surface area contributed by atoms with Crippen LogP contribution in [0.3, 0.4) is 0 Å². The third-order valence-electron chi connectivity index (χ3n) is 2.62. The molecule has 19 heavy (non-hydrogen) atoms. The van der Waals surface area contributed by atoms with Crippen LogP contribution in [-0.4, -0.2) is 5.75 Å². The van der Waals surface area contributed by atoms with Crippen molar-refractivity contribution in [3.63, 3.8) is 0 Å². The predicted molar refractivity (Wildman–Crippen MR) is 61.0 cm³/mol. The molecule has 1 aliphatic rings. The zero-order valence-corrected chi connectivity index (χ0v) is 10.6. The molecule has 105 valence electrons. The van der Waals surface area contributed by atoms with Gasteiger partial charge >= 0.3 is 12.4 Å². The third-order valence-corrected chi connectivity index (χ3v) is 4.24. The number of alkyl halides is 6. The summed E-state index contributed by atoms with van der Waals surface area (Å²) in [6.07, 6.45) is -8.18. The van der Waals surface area contributed by atoms with E-state index in [-0.39, 0.29) is 5.56 Å². The molecule has 1 fully saturated rings. The Morgan fingerprint density at radius 3 is 1.68 bits per heavy atom. The van der Waals surface area contributed by atoms with Crippen LogP contribution in [0.4, 0.5) is 26.3 Å². The lowest BCUT2D eigenvalue weighted by Gasteiger charge is -2.27. The highest BCUT2D eigenvalue weighted by Crippen LogP contribution is 2.48. The molecule has 1 saturated heterocycles. The van der Waals surface area contributed by atoms with Crippen molar-refractivity contribution in [2.24, 2.45) is 0 Å². The molecule has 1 aromatic rings. The van der Waals surface area contributed by atoms with Gasteiger partial charge in [-0.2, -0.15) is 38.1 Å². The second-order valence-electron chi connectivity index (χ2n) is 3.92. The molecule has 1 aliphatic heterocycles. The maximum Gasteiger partial charge on any atom is 0.417 e. The highest BCUT2D eigenvalue weighted by Gasteiger charge is 2.41. The van der Waals surface area contributed by atoms with Gasteiger partial charge in [-0.3, -0.25) is 0 Å². The number of rotatable bonds is 1. The SMILES string of the molecule is FC(F)(F)c1cc(C2[CH]CS2)cc(C(F)(F)F)c1Cl. The first-order chi connectivity index (χ1) is 8.60. The Labute approximate surface area is 114 Å². The Bertz CT molecular complexity index is 454. The summed E-state index contributed by atoms with van der Waals surface area (Å²) >= 11 is 6.53. The summed E-state index contributed by atoms with van der Waals surface area (Å²) in [6.45, 7) is 0. The van der Waals surface area contributed by atoms with Crippen LogP contribution < -0.4 is 0 Å². The van der Waals surface area contributed by atoms with Gasteiger partial charge in [-0.25, -0.2) is 0 Å². The standard InChI is InChI=1S/C11H6ClF6S/c12-9-6(10(13,14)15)3-5(8-1-2-19-8)4-7(9)11(16,17)18/h1,3-4,8H,2H2. The molecule has 0 nitrogen and oxygen atoms in total. The van der Waals surface area contributed by atoms with E-state index in [1.165, 1.54) is 11.8 Å². The first kappa shape index (κ1) is 14.8. The van der Waals surface area contributed by atoms with Crippen molar-refractivity contribution >= 4 is 23.4 Å². The second-order valence-corrected chi connectivity index (χ2v) is 5.47. The van der Waals surface area contributed by atoms with Gasteiger partial charge in [0.05, 0.1) is 16.1 Å².